The van der Waals surface area contributed by atoms with E-state index in [0.717, 1.165) is 5.56 Å². The second kappa shape index (κ2) is 4.39. The van der Waals surface area contributed by atoms with Gasteiger partial charge in [0.25, 0.3) is 0 Å². The third-order valence-corrected chi connectivity index (χ3v) is 4.63. The Balaban J connectivity index is 1.81. The van der Waals surface area contributed by atoms with Gasteiger partial charge in [0.1, 0.15) is 0 Å². The van der Waals surface area contributed by atoms with Gasteiger partial charge < -0.3 is 0 Å². The molecule has 0 atom stereocenters. The zero-order valence-corrected chi connectivity index (χ0v) is 11.6. The lowest BCUT2D eigenvalue weighted by molar-refractivity contribution is -0.124. The van der Waals surface area contributed by atoms with E-state index in [0.29, 0.717) is 6.54 Å². The summed E-state index contributed by atoms with van der Waals surface area (Å²) < 4.78 is 0. The van der Waals surface area contributed by atoms with Crippen LogP contribution in [0.25, 0.3) is 0 Å². The molecule has 1 fully saturated rings. The fourth-order valence-electron chi connectivity index (χ4n) is 2.75. The van der Waals surface area contributed by atoms with Gasteiger partial charge in [-0.25, -0.2) is 5.43 Å². The van der Waals surface area contributed by atoms with Crippen LogP contribution in [-0.4, -0.2) is 5.91 Å². The molecule has 3 nitrogen and oxygen atoms in total. The number of nitrogens with one attached hydrogen (secondary N) is 2. The molecule has 2 rings (SSSR count). The van der Waals surface area contributed by atoms with Crippen LogP contribution in [-0.2, 0) is 11.3 Å². The van der Waals surface area contributed by atoms with Gasteiger partial charge in [-0.15, -0.1) is 0 Å². The third-order valence-electron chi connectivity index (χ3n) is 4.63. The van der Waals surface area contributed by atoms with Crippen LogP contribution in [0.4, 0.5) is 0 Å². The number of hydrogen-bond acceptors (Lipinski definition) is 2. The Bertz CT molecular complexity index is 423. The van der Waals surface area contributed by atoms with E-state index in [1.807, 2.05) is 30.3 Å². The molecule has 1 aromatic carbocycles. The molecule has 0 heterocycles. The average Bonchev–Trinajstić information content (AvgIpc) is 2.70. The summed E-state index contributed by atoms with van der Waals surface area (Å²) in [5, 5.41) is 0. The van der Waals surface area contributed by atoms with Gasteiger partial charge in [0.05, 0.1) is 5.92 Å². The first-order valence-electron chi connectivity index (χ1n) is 6.44. The Morgan fingerprint density at radius 2 is 1.67 bits per heavy atom. The van der Waals surface area contributed by atoms with Gasteiger partial charge in [-0.3, -0.25) is 10.2 Å². The van der Waals surface area contributed by atoms with E-state index in [1.165, 1.54) is 0 Å². The molecule has 1 aliphatic rings. The Morgan fingerprint density at radius 1 is 1.11 bits per heavy atom. The van der Waals surface area contributed by atoms with Gasteiger partial charge in [0, 0.05) is 6.54 Å². The average molecular weight is 246 g/mol. The Kier molecular flexibility index (Phi) is 3.20. The number of benzene rings is 1. The van der Waals surface area contributed by atoms with Crippen LogP contribution in [0.3, 0.4) is 0 Å². The second-order valence-corrected chi connectivity index (χ2v) is 6.20. The molecule has 0 spiro atoms. The number of carbonyl (C=O) groups is 1. The van der Waals surface area contributed by atoms with E-state index < -0.39 is 0 Å². The number of hydrogen-bond donors (Lipinski definition) is 2. The molecule has 1 aromatic rings. The van der Waals surface area contributed by atoms with Crippen LogP contribution in [0.1, 0.15) is 33.3 Å². The molecular formula is C15H22N2O. The number of amides is 1. The maximum Gasteiger partial charge on any atom is 0.238 e. The maximum atomic E-state index is 12.1. The van der Waals surface area contributed by atoms with Gasteiger partial charge in [-0.1, -0.05) is 58.0 Å². The predicted molar refractivity (Wildman–Crippen MR) is 72.5 cm³/mol. The molecule has 2 N–H and O–H groups in total. The maximum absolute atomic E-state index is 12.1. The van der Waals surface area contributed by atoms with Crippen molar-refractivity contribution in [2.24, 2.45) is 16.7 Å². The first kappa shape index (κ1) is 13.1. The Labute approximate surface area is 109 Å². The van der Waals surface area contributed by atoms with Crippen molar-refractivity contribution in [2.45, 2.75) is 34.2 Å². The Morgan fingerprint density at radius 3 is 2.17 bits per heavy atom. The summed E-state index contributed by atoms with van der Waals surface area (Å²) in [4.78, 5) is 12.1. The van der Waals surface area contributed by atoms with Crippen LogP contribution in [0.15, 0.2) is 30.3 Å². The van der Waals surface area contributed by atoms with Crippen LogP contribution in [0.5, 0.6) is 0 Å². The lowest BCUT2D eigenvalue weighted by Crippen LogP contribution is -2.39. The fourth-order valence-corrected chi connectivity index (χ4v) is 2.75. The Hall–Kier alpha value is -1.35. The topological polar surface area (TPSA) is 41.1 Å². The zero-order valence-electron chi connectivity index (χ0n) is 11.6. The van der Waals surface area contributed by atoms with Gasteiger partial charge in [-0.05, 0) is 16.4 Å². The van der Waals surface area contributed by atoms with Crippen molar-refractivity contribution >= 4 is 5.91 Å². The minimum Gasteiger partial charge on any atom is -0.291 e. The van der Waals surface area contributed by atoms with E-state index in [-0.39, 0.29) is 22.7 Å². The van der Waals surface area contributed by atoms with E-state index >= 15 is 0 Å². The first-order valence-corrected chi connectivity index (χ1v) is 6.44. The molecule has 1 amide bonds. The normalized spacial score (nSPS) is 20.4. The standard InChI is InChI=1S/C15H22N2O/c1-14(2)12(15(14,3)4)13(18)17-16-10-11-8-6-5-7-9-11/h5-9,12,16H,10H2,1-4H3,(H,17,18). The van der Waals surface area contributed by atoms with Crippen molar-refractivity contribution < 1.29 is 4.79 Å². The molecule has 0 unspecified atom stereocenters. The van der Waals surface area contributed by atoms with Crippen molar-refractivity contribution in [1.29, 1.82) is 0 Å². The molecule has 0 aliphatic heterocycles. The smallest absolute Gasteiger partial charge is 0.238 e. The van der Waals surface area contributed by atoms with E-state index in [9.17, 15) is 4.79 Å². The molecule has 1 saturated carbocycles. The molecule has 18 heavy (non-hydrogen) atoms. The highest BCUT2D eigenvalue weighted by atomic mass is 16.2. The van der Waals surface area contributed by atoms with Crippen LogP contribution < -0.4 is 10.9 Å². The monoisotopic (exact) mass is 246 g/mol. The SMILES string of the molecule is CC1(C)C(C(=O)NNCc2ccccc2)C1(C)C. The summed E-state index contributed by atoms with van der Waals surface area (Å²) >= 11 is 0. The molecule has 3 heteroatoms. The quantitative estimate of drug-likeness (QED) is 0.801. The minimum absolute atomic E-state index is 0.0888. The van der Waals surface area contributed by atoms with Crippen molar-refractivity contribution in [1.82, 2.24) is 10.9 Å². The van der Waals surface area contributed by atoms with E-state index in [2.05, 4.69) is 38.5 Å². The summed E-state index contributed by atoms with van der Waals surface area (Å²) in [6, 6.07) is 10.0. The zero-order chi connectivity index (χ0) is 13.4. The fraction of sp³-hybridized carbons (Fsp3) is 0.533. The highest BCUT2D eigenvalue weighted by Crippen LogP contribution is 2.68. The van der Waals surface area contributed by atoms with Crippen molar-refractivity contribution in [3.05, 3.63) is 35.9 Å². The largest absolute Gasteiger partial charge is 0.291 e. The molecule has 0 aromatic heterocycles. The predicted octanol–water partition coefficient (Wildman–Crippen LogP) is 2.49. The van der Waals surface area contributed by atoms with Crippen LogP contribution >= 0.6 is 0 Å². The summed E-state index contributed by atoms with van der Waals surface area (Å²) in [5.41, 5.74) is 7.15. The van der Waals surface area contributed by atoms with E-state index in [4.69, 9.17) is 0 Å². The van der Waals surface area contributed by atoms with Crippen molar-refractivity contribution in [2.75, 3.05) is 0 Å². The lowest BCUT2D eigenvalue weighted by atomic mass is 10.0. The lowest BCUT2D eigenvalue weighted by Gasteiger charge is -2.08. The van der Waals surface area contributed by atoms with Gasteiger partial charge in [0.2, 0.25) is 5.91 Å². The second-order valence-electron chi connectivity index (χ2n) is 6.20. The van der Waals surface area contributed by atoms with Crippen LogP contribution in [0.2, 0.25) is 0 Å². The summed E-state index contributed by atoms with van der Waals surface area (Å²) in [5.74, 6) is 0.189. The van der Waals surface area contributed by atoms with Gasteiger partial charge in [-0.2, -0.15) is 0 Å². The van der Waals surface area contributed by atoms with Gasteiger partial charge in [0.15, 0.2) is 0 Å². The van der Waals surface area contributed by atoms with Crippen LogP contribution in [0, 0.1) is 16.7 Å². The van der Waals surface area contributed by atoms with Crippen molar-refractivity contribution in [3.63, 3.8) is 0 Å². The molecule has 98 valence electrons. The first-order chi connectivity index (χ1) is 8.37. The van der Waals surface area contributed by atoms with Crippen molar-refractivity contribution in [3.8, 4) is 0 Å². The molecular weight excluding hydrogens is 224 g/mol. The summed E-state index contributed by atoms with van der Waals surface area (Å²) in [7, 11) is 0. The number of rotatable bonds is 4. The molecule has 0 bridgehead atoms. The highest BCUT2D eigenvalue weighted by Gasteiger charge is 2.68. The number of hydrazine groups is 1. The molecule has 0 radical (unpaired) electrons. The summed E-state index contributed by atoms with van der Waals surface area (Å²) in [6.45, 7) is 9.24. The molecule has 1 aliphatic carbocycles. The third kappa shape index (κ3) is 2.15. The minimum atomic E-state index is 0.0888. The number of carbonyl (C=O) groups excluding carboxylic acids is 1. The summed E-state index contributed by atoms with van der Waals surface area (Å²) in [6.07, 6.45) is 0. The highest BCUT2D eigenvalue weighted by molar-refractivity contribution is 5.83. The van der Waals surface area contributed by atoms with Gasteiger partial charge >= 0.3 is 0 Å². The molecule has 0 saturated heterocycles. The van der Waals surface area contributed by atoms with E-state index in [1.54, 1.807) is 0 Å².